The van der Waals surface area contributed by atoms with Gasteiger partial charge in [-0.25, -0.2) is 4.98 Å². The average molecular weight is 280 g/mol. The molecule has 1 amide bonds. The van der Waals surface area contributed by atoms with Crippen molar-refractivity contribution < 1.29 is 9.90 Å². The first-order valence-corrected chi connectivity index (χ1v) is 6.60. The first kappa shape index (κ1) is 14.8. The number of carbonyl (C=O) groups excluding carboxylic acids is 1. The monoisotopic (exact) mass is 280 g/mol. The lowest BCUT2D eigenvalue weighted by atomic mass is 10.1. The van der Waals surface area contributed by atoms with Gasteiger partial charge >= 0.3 is 0 Å². The molecule has 0 radical (unpaired) electrons. The van der Waals surface area contributed by atoms with Gasteiger partial charge < -0.3 is 10.4 Å². The van der Waals surface area contributed by atoms with E-state index in [1.165, 1.54) is 0 Å². The van der Waals surface area contributed by atoms with Gasteiger partial charge in [-0.2, -0.15) is 0 Å². The smallest absolute Gasteiger partial charge is 0.270 e. The first-order chi connectivity index (χ1) is 10.2. The van der Waals surface area contributed by atoms with E-state index in [0.717, 1.165) is 16.8 Å². The molecule has 0 spiro atoms. The van der Waals surface area contributed by atoms with Crippen LogP contribution >= 0.6 is 0 Å². The molecular formula is C17H16N2O2. The molecule has 2 N–H and O–H groups in total. The summed E-state index contributed by atoms with van der Waals surface area (Å²) < 4.78 is 0. The zero-order valence-electron chi connectivity index (χ0n) is 11.8. The van der Waals surface area contributed by atoms with Crippen molar-refractivity contribution in [3.05, 3.63) is 65.0 Å². The van der Waals surface area contributed by atoms with Crippen molar-refractivity contribution in [3.8, 4) is 11.8 Å². The number of carbonyl (C=O) groups is 1. The van der Waals surface area contributed by atoms with Crippen molar-refractivity contribution >= 4 is 5.91 Å². The Kier molecular flexibility index (Phi) is 5.08. The van der Waals surface area contributed by atoms with E-state index in [1.807, 2.05) is 37.3 Å². The second-order valence-electron chi connectivity index (χ2n) is 4.46. The molecule has 2 aromatic rings. The molecule has 1 aromatic heterocycles. The van der Waals surface area contributed by atoms with E-state index in [4.69, 9.17) is 5.11 Å². The van der Waals surface area contributed by atoms with Gasteiger partial charge in [0, 0.05) is 17.8 Å². The number of nitrogens with zero attached hydrogens (tertiary/aromatic N) is 1. The van der Waals surface area contributed by atoms with Gasteiger partial charge in [-0.15, -0.1) is 0 Å². The largest absolute Gasteiger partial charge is 0.384 e. The van der Waals surface area contributed by atoms with E-state index < -0.39 is 0 Å². The molecule has 0 aliphatic rings. The molecule has 21 heavy (non-hydrogen) atoms. The highest BCUT2D eigenvalue weighted by molar-refractivity contribution is 5.92. The fourth-order valence-corrected chi connectivity index (χ4v) is 1.87. The van der Waals surface area contributed by atoms with Gasteiger partial charge in [0.15, 0.2) is 0 Å². The van der Waals surface area contributed by atoms with Gasteiger partial charge in [0.05, 0.1) is 0 Å². The summed E-state index contributed by atoms with van der Waals surface area (Å²) in [5.74, 6) is 5.26. The van der Waals surface area contributed by atoms with E-state index >= 15 is 0 Å². The predicted octanol–water partition coefficient (Wildman–Crippen LogP) is 1.66. The van der Waals surface area contributed by atoms with Crippen LogP contribution in [0.25, 0.3) is 0 Å². The fourth-order valence-electron chi connectivity index (χ4n) is 1.87. The normalized spacial score (nSPS) is 9.62. The number of aliphatic hydroxyl groups excluding tert-OH is 1. The standard InChI is InChI=1S/C17H16N2O2/c1-13-6-4-10-16(19-13)17(21)18-12-15-8-3-2-7-14(15)9-5-11-20/h2-4,6-8,10,20H,11-12H2,1H3,(H,18,21). The molecule has 0 saturated carbocycles. The van der Waals surface area contributed by atoms with Crippen LogP contribution in [0.15, 0.2) is 42.5 Å². The maximum Gasteiger partial charge on any atom is 0.270 e. The van der Waals surface area contributed by atoms with Crippen LogP contribution in [-0.4, -0.2) is 22.6 Å². The van der Waals surface area contributed by atoms with E-state index in [0.29, 0.717) is 12.2 Å². The molecule has 2 rings (SSSR count). The highest BCUT2D eigenvalue weighted by Crippen LogP contribution is 2.07. The minimum Gasteiger partial charge on any atom is -0.384 e. The lowest BCUT2D eigenvalue weighted by molar-refractivity contribution is 0.0945. The van der Waals surface area contributed by atoms with Crippen LogP contribution in [0.3, 0.4) is 0 Å². The summed E-state index contributed by atoms with van der Waals surface area (Å²) in [7, 11) is 0. The Morgan fingerprint density at radius 3 is 2.81 bits per heavy atom. The molecule has 0 aliphatic carbocycles. The summed E-state index contributed by atoms with van der Waals surface area (Å²) in [6.07, 6.45) is 0. The van der Waals surface area contributed by atoms with Crippen LogP contribution in [0.1, 0.15) is 27.3 Å². The molecule has 0 saturated heterocycles. The number of nitrogens with one attached hydrogen (secondary N) is 1. The van der Waals surface area contributed by atoms with E-state index in [-0.39, 0.29) is 12.5 Å². The van der Waals surface area contributed by atoms with Crippen LogP contribution in [0.2, 0.25) is 0 Å². The van der Waals surface area contributed by atoms with Crippen LogP contribution in [0.4, 0.5) is 0 Å². The lowest BCUT2D eigenvalue weighted by Crippen LogP contribution is -2.24. The molecule has 1 heterocycles. The Hall–Kier alpha value is -2.64. The maximum atomic E-state index is 12.0. The SMILES string of the molecule is Cc1cccc(C(=O)NCc2ccccc2C#CCO)n1. The van der Waals surface area contributed by atoms with E-state index in [1.54, 1.807) is 12.1 Å². The number of aliphatic hydroxyl groups is 1. The molecule has 1 aromatic carbocycles. The van der Waals surface area contributed by atoms with E-state index in [9.17, 15) is 4.79 Å². The Labute approximate surface area is 123 Å². The second kappa shape index (κ2) is 7.22. The third-order valence-electron chi connectivity index (χ3n) is 2.88. The number of pyridine rings is 1. The van der Waals surface area contributed by atoms with Crippen molar-refractivity contribution in [2.75, 3.05) is 6.61 Å². The molecule has 0 fully saturated rings. The average Bonchev–Trinajstić information content (AvgIpc) is 2.51. The highest BCUT2D eigenvalue weighted by atomic mass is 16.2. The Balaban J connectivity index is 2.08. The summed E-state index contributed by atoms with van der Waals surface area (Å²) >= 11 is 0. The first-order valence-electron chi connectivity index (χ1n) is 6.60. The van der Waals surface area contributed by atoms with Gasteiger partial charge in [-0.05, 0) is 30.7 Å². The lowest BCUT2D eigenvalue weighted by Gasteiger charge is -2.07. The van der Waals surface area contributed by atoms with Crippen LogP contribution in [0.5, 0.6) is 0 Å². The molecular weight excluding hydrogens is 264 g/mol. The minimum absolute atomic E-state index is 0.187. The molecule has 0 unspecified atom stereocenters. The summed E-state index contributed by atoms with van der Waals surface area (Å²) in [6.45, 7) is 2.02. The molecule has 4 heteroatoms. The summed E-state index contributed by atoms with van der Waals surface area (Å²) in [5, 5.41) is 11.6. The quantitative estimate of drug-likeness (QED) is 0.841. The Morgan fingerprint density at radius 1 is 1.24 bits per heavy atom. The number of benzene rings is 1. The summed E-state index contributed by atoms with van der Waals surface area (Å²) in [5.41, 5.74) is 2.90. The number of hydrogen-bond acceptors (Lipinski definition) is 3. The number of hydrogen-bond donors (Lipinski definition) is 2. The Bertz CT molecular complexity index is 699. The van der Waals surface area contributed by atoms with Crippen LogP contribution < -0.4 is 5.32 Å². The second-order valence-corrected chi connectivity index (χ2v) is 4.46. The molecule has 106 valence electrons. The molecule has 0 aliphatic heterocycles. The van der Waals surface area contributed by atoms with Gasteiger partial charge in [-0.1, -0.05) is 36.1 Å². The third-order valence-corrected chi connectivity index (χ3v) is 2.88. The van der Waals surface area contributed by atoms with Crippen molar-refractivity contribution in [1.29, 1.82) is 0 Å². The fraction of sp³-hybridized carbons (Fsp3) is 0.176. The summed E-state index contributed by atoms with van der Waals surface area (Å²) in [6, 6.07) is 12.8. The van der Waals surface area contributed by atoms with Gasteiger partial charge in [0.2, 0.25) is 0 Å². The van der Waals surface area contributed by atoms with Crippen molar-refractivity contribution in [2.45, 2.75) is 13.5 Å². The number of rotatable bonds is 3. The topological polar surface area (TPSA) is 62.2 Å². The van der Waals surface area contributed by atoms with E-state index in [2.05, 4.69) is 22.1 Å². The highest BCUT2D eigenvalue weighted by Gasteiger charge is 2.07. The van der Waals surface area contributed by atoms with Crippen molar-refractivity contribution in [3.63, 3.8) is 0 Å². The molecule has 0 atom stereocenters. The zero-order chi connectivity index (χ0) is 15.1. The van der Waals surface area contributed by atoms with Crippen LogP contribution in [-0.2, 0) is 6.54 Å². The minimum atomic E-state index is -0.219. The maximum absolute atomic E-state index is 12.0. The molecule has 0 bridgehead atoms. The number of amides is 1. The molecule has 4 nitrogen and oxygen atoms in total. The third kappa shape index (κ3) is 4.16. The van der Waals surface area contributed by atoms with Crippen molar-refractivity contribution in [2.24, 2.45) is 0 Å². The Morgan fingerprint density at radius 2 is 2.05 bits per heavy atom. The van der Waals surface area contributed by atoms with Crippen molar-refractivity contribution in [1.82, 2.24) is 10.3 Å². The van der Waals surface area contributed by atoms with Crippen LogP contribution in [0, 0.1) is 18.8 Å². The van der Waals surface area contributed by atoms with Gasteiger partial charge in [0.1, 0.15) is 12.3 Å². The van der Waals surface area contributed by atoms with Gasteiger partial charge in [-0.3, -0.25) is 4.79 Å². The predicted molar refractivity (Wildman–Crippen MR) is 80.6 cm³/mol. The van der Waals surface area contributed by atoms with Gasteiger partial charge in [0.25, 0.3) is 5.91 Å². The number of aryl methyl sites for hydroxylation is 1. The zero-order valence-corrected chi connectivity index (χ0v) is 11.8. The number of aromatic nitrogens is 1. The summed E-state index contributed by atoms with van der Waals surface area (Å²) in [4.78, 5) is 16.2.